The minimum Gasteiger partial charge on any atom is -0.545 e. The van der Waals surface area contributed by atoms with E-state index in [4.69, 9.17) is 0 Å². The van der Waals surface area contributed by atoms with E-state index >= 15 is 0 Å². The number of rotatable bonds is 2. The summed E-state index contributed by atoms with van der Waals surface area (Å²) in [6, 6.07) is 2.39. The number of pyridine rings is 1. The van der Waals surface area contributed by atoms with Gasteiger partial charge in [-0.1, -0.05) is 0 Å². The molecule has 0 atom stereocenters. The maximum Gasteiger partial charge on any atom is 0.0947 e. The number of carboxylic acid groups (broad SMARTS) is 2. The van der Waals surface area contributed by atoms with E-state index in [9.17, 15) is 19.8 Å². The molecular formula is C7H11N3O4. The van der Waals surface area contributed by atoms with Gasteiger partial charge in [0.1, 0.15) is 0 Å². The average Bonchev–Trinajstić information content (AvgIpc) is 2.04. The minimum absolute atomic E-state index is 0. The average molecular weight is 201 g/mol. The van der Waals surface area contributed by atoms with Gasteiger partial charge in [-0.2, -0.15) is 0 Å². The third-order valence-corrected chi connectivity index (χ3v) is 1.22. The molecule has 1 rings (SSSR count). The normalized spacial score (nSPS) is 8.00. The summed E-state index contributed by atoms with van der Waals surface area (Å²) in [5, 5.41) is 20.5. The second-order valence-electron chi connectivity index (χ2n) is 1.97. The Morgan fingerprint density at radius 1 is 1.14 bits per heavy atom. The molecule has 0 aliphatic heterocycles. The molecular weight excluding hydrogens is 190 g/mol. The molecule has 0 amide bonds. The second kappa shape index (κ2) is 5.62. The summed E-state index contributed by atoms with van der Waals surface area (Å²) < 4.78 is 0. The molecule has 1 aromatic rings. The zero-order valence-corrected chi connectivity index (χ0v) is 7.81. The van der Waals surface area contributed by atoms with Crippen LogP contribution in [0.15, 0.2) is 18.3 Å². The molecule has 14 heavy (non-hydrogen) atoms. The van der Waals surface area contributed by atoms with Gasteiger partial charge in [0.05, 0.1) is 17.6 Å². The van der Waals surface area contributed by atoms with Gasteiger partial charge < -0.3 is 32.1 Å². The highest BCUT2D eigenvalue weighted by molar-refractivity contribution is 5.98. The Hall–Kier alpha value is -1.99. The van der Waals surface area contributed by atoms with Crippen molar-refractivity contribution in [2.24, 2.45) is 0 Å². The first-order chi connectivity index (χ1) is 5.63. The highest BCUT2D eigenvalue weighted by atomic mass is 16.4. The molecule has 0 spiro atoms. The van der Waals surface area contributed by atoms with Crippen molar-refractivity contribution < 1.29 is 19.8 Å². The SMILES string of the molecule is O=C([O-])c1cccnc1C(=O)[O-].[NH4+].[NH4+]. The van der Waals surface area contributed by atoms with Crippen molar-refractivity contribution in [2.75, 3.05) is 0 Å². The molecule has 0 aliphatic rings. The first-order valence-corrected chi connectivity index (χ1v) is 3.00. The van der Waals surface area contributed by atoms with Crippen LogP contribution in [0.1, 0.15) is 20.8 Å². The lowest BCUT2D eigenvalue weighted by Crippen LogP contribution is -2.30. The number of carbonyl (C=O) groups is 2. The van der Waals surface area contributed by atoms with Crippen LogP contribution in [-0.4, -0.2) is 16.9 Å². The van der Waals surface area contributed by atoms with Gasteiger partial charge in [0.15, 0.2) is 0 Å². The van der Waals surface area contributed by atoms with Crippen LogP contribution >= 0.6 is 0 Å². The first kappa shape index (κ1) is 14.5. The number of nitrogens with zero attached hydrogens (tertiary/aromatic N) is 1. The lowest BCUT2D eigenvalue weighted by molar-refractivity contribution is -0.260. The van der Waals surface area contributed by atoms with E-state index in [-0.39, 0.29) is 12.3 Å². The Morgan fingerprint density at radius 3 is 2.07 bits per heavy atom. The quantitative estimate of drug-likeness (QED) is 0.596. The van der Waals surface area contributed by atoms with Gasteiger partial charge in [-0.15, -0.1) is 0 Å². The van der Waals surface area contributed by atoms with Gasteiger partial charge in [0.25, 0.3) is 0 Å². The van der Waals surface area contributed by atoms with E-state index in [1.807, 2.05) is 0 Å². The van der Waals surface area contributed by atoms with Crippen LogP contribution in [0.3, 0.4) is 0 Å². The summed E-state index contributed by atoms with van der Waals surface area (Å²) in [7, 11) is 0. The molecule has 0 saturated carbocycles. The van der Waals surface area contributed by atoms with Crippen molar-refractivity contribution in [1.82, 2.24) is 17.3 Å². The number of aromatic nitrogens is 1. The summed E-state index contributed by atoms with van der Waals surface area (Å²) in [6.07, 6.45) is 1.16. The predicted molar refractivity (Wildman–Crippen MR) is 44.9 cm³/mol. The molecule has 7 nitrogen and oxygen atoms in total. The van der Waals surface area contributed by atoms with Crippen molar-refractivity contribution in [2.45, 2.75) is 0 Å². The van der Waals surface area contributed by atoms with E-state index in [0.717, 1.165) is 12.3 Å². The lowest BCUT2D eigenvalue weighted by Gasteiger charge is -2.08. The van der Waals surface area contributed by atoms with Gasteiger partial charge in [0, 0.05) is 11.8 Å². The fraction of sp³-hybridized carbons (Fsp3) is 0. The van der Waals surface area contributed by atoms with Gasteiger partial charge >= 0.3 is 0 Å². The largest absolute Gasteiger partial charge is 0.545 e. The topological polar surface area (TPSA) is 166 Å². The van der Waals surface area contributed by atoms with Crippen molar-refractivity contribution in [3.8, 4) is 0 Å². The van der Waals surface area contributed by atoms with Crippen LogP contribution < -0.4 is 22.5 Å². The van der Waals surface area contributed by atoms with Crippen molar-refractivity contribution in [1.29, 1.82) is 0 Å². The van der Waals surface area contributed by atoms with Crippen molar-refractivity contribution in [3.63, 3.8) is 0 Å². The molecule has 0 saturated heterocycles. The Balaban J connectivity index is 0. The van der Waals surface area contributed by atoms with Crippen LogP contribution in [0.2, 0.25) is 0 Å². The van der Waals surface area contributed by atoms with E-state index in [1.165, 1.54) is 6.07 Å². The molecule has 0 aliphatic carbocycles. The standard InChI is InChI=1S/C7H5NO4.2H3N/c9-6(10)4-2-1-3-8-5(4)7(11)12;;/h1-3H,(H,9,10)(H,11,12);2*1H3. The molecule has 7 heteroatoms. The highest BCUT2D eigenvalue weighted by Crippen LogP contribution is 2.01. The first-order valence-electron chi connectivity index (χ1n) is 3.00. The monoisotopic (exact) mass is 201 g/mol. The maximum absolute atomic E-state index is 10.3. The van der Waals surface area contributed by atoms with E-state index in [0.29, 0.717) is 0 Å². The Morgan fingerprint density at radius 2 is 1.71 bits per heavy atom. The van der Waals surface area contributed by atoms with Crippen LogP contribution in [0.5, 0.6) is 0 Å². The van der Waals surface area contributed by atoms with Crippen LogP contribution in [-0.2, 0) is 0 Å². The van der Waals surface area contributed by atoms with Gasteiger partial charge in [-0.05, 0) is 12.1 Å². The fourth-order valence-corrected chi connectivity index (χ4v) is 0.733. The Kier molecular flexibility index (Phi) is 5.83. The smallest absolute Gasteiger partial charge is 0.0947 e. The Bertz CT molecular complexity index is 306. The molecule has 0 radical (unpaired) electrons. The van der Waals surface area contributed by atoms with E-state index in [2.05, 4.69) is 4.98 Å². The number of hydrogen-bond acceptors (Lipinski definition) is 5. The van der Waals surface area contributed by atoms with E-state index < -0.39 is 23.2 Å². The summed E-state index contributed by atoms with van der Waals surface area (Å²) in [5.74, 6) is -3.21. The minimum atomic E-state index is -1.63. The predicted octanol–water partition coefficient (Wildman–Crippen LogP) is -1.44. The lowest BCUT2D eigenvalue weighted by atomic mass is 10.2. The second-order valence-corrected chi connectivity index (χ2v) is 1.97. The van der Waals surface area contributed by atoms with Crippen LogP contribution in [0.25, 0.3) is 0 Å². The molecule has 1 aromatic heterocycles. The molecule has 0 fully saturated rings. The molecule has 0 aromatic carbocycles. The molecule has 1 heterocycles. The highest BCUT2D eigenvalue weighted by Gasteiger charge is 2.03. The summed E-state index contributed by atoms with van der Waals surface area (Å²) in [5.41, 5.74) is -1.09. The maximum atomic E-state index is 10.3. The van der Waals surface area contributed by atoms with Crippen LogP contribution in [0.4, 0.5) is 0 Å². The van der Waals surface area contributed by atoms with Crippen molar-refractivity contribution in [3.05, 3.63) is 29.6 Å². The number of aromatic carboxylic acids is 2. The summed E-state index contributed by atoms with van der Waals surface area (Å²) in [4.78, 5) is 23.9. The molecule has 0 unspecified atom stereocenters. The number of quaternary nitrogens is 2. The van der Waals surface area contributed by atoms with Gasteiger partial charge in [0.2, 0.25) is 0 Å². The summed E-state index contributed by atoms with van der Waals surface area (Å²) >= 11 is 0. The Labute approximate surface area is 79.6 Å². The number of carboxylic acids is 2. The zero-order valence-electron chi connectivity index (χ0n) is 7.81. The third kappa shape index (κ3) is 2.81. The number of hydrogen-bond donors (Lipinski definition) is 2. The third-order valence-electron chi connectivity index (χ3n) is 1.22. The van der Waals surface area contributed by atoms with Crippen LogP contribution in [0, 0.1) is 0 Å². The van der Waals surface area contributed by atoms with Gasteiger partial charge in [-0.25, -0.2) is 0 Å². The number of carbonyl (C=O) groups excluding carboxylic acids is 2. The van der Waals surface area contributed by atoms with E-state index in [1.54, 1.807) is 0 Å². The van der Waals surface area contributed by atoms with Crippen molar-refractivity contribution >= 4 is 11.9 Å². The fourth-order valence-electron chi connectivity index (χ4n) is 0.733. The molecule has 78 valence electrons. The molecule has 8 N–H and O–H groups in total. The zero-order chi connectivity index (χ0) is 9.14. The summed E-state index contributed by atoms with van der Waals surface area (Å²) in [6.45, 7) is 0. The van der Waals surface area contributed by atoms with Gasteiger partial charge in [-0.3, -0.25) is 4.98 Å². The molecule has 0 bridgehead atoms.